The van der Waals surface area contributed by atoms with Crippen LogP contribution in [0.4, 0.5) is 4.39 Å². The number of likely N-dealkylation sites (tertiary alicyclic amines) is 1. The highest BCUT2D eigenvalue weighted by molar-refractivity contribution is 5.85. The number of rotatable bonds is 4. The molecule has 1 aliphatic carbocycles. The average molecular weight is 313 g/mol. The van der Waals surface area contributed by atoms with Crippen molar-refractivity contribution in [3.05, 3.63) is 35.6 Å². The summed E-state index contributed by atoms with van der Waals surface area (Å²) in [6, 6.07) is 7.19. The smallest absolute Gasteiger partial charge is 0.237 e. The van der Waals surface area contributed by atoms with Crippen LogP contribution in [0, 0.1) is 11.7 Å². The molecule has 0 aromatic heterocycles. The number of hydrogen-bond donors (Lipinski definition) is 1. The Morgan fingerprint density at radius 1 is 1.43 bits per heavy atom. The summed E-state index contributed by atoms with van der Waals surface area (Å²) in [5.74, 6) is 0.370. The number of nitrogens with zero attached hydrogens (tertiary/aromatic N) is 1. The van der Waals surface area contributed by atoms with Crippen LogP contribution in [-0.4, -0.2) is 29.9 Å². The Balaban J connectivity index is 0.00000161. The molecule has 0 spiro atoms. The van der Waals surface area contributed by atoms with Gasteiger partial charge < -0.3 is 10.2 Å². The van der Waals surface area contributed by atoms with Crippen LogP contribution in [0.2, 0.25) is 0 Å². The molecular weight excluding hydrogens is 291 g/mol. The third-order valence-corrected chi connectivity index (χ3v) is 4.18. The van der Waals surface area contributed by atoms with Gasteiger partial charge in [0.25, 0.3) is 0 Å². The normalized spacial score (nSPS) is 24.8. The maximum Gasteiger partial charge on any atom is 0.237 e. The van der Waals surface area contributed by atoms with Gasteiger partial charge in [0.05, 0.1) is 12.6 Å². The Morgan fingerprint density at radius 2 is 2.19 bits per heavy atom. The van der Waals surface area contributed by atoms with Crippen LogP contribution < -0.4 is 5.32 Å². The Bertz CT molecular complexity index is 507. The minimum absolute atomic E-state index is 0. The molecule has 0 bridgehead atoms. The number of nitrogens with one attached hydrogen (secondary N) is 1. The van der Waals surface area contributed by atoms with Crippen LogP contribution >= 0.6 is 12.4 Å². The van der Waals surface area contributed by atoms with E-state index in [2.05, 4.69) is 12.2 Å². The first-order valence-electron chi connectivity index (χ1n) is 7.42. The van der Waals surface area contributed by atoms with E-state index in [-0.39, 0.29) is 30.2 Å². The molecule has 2 unspecified atom stereocenters. The van der Waals surface area contributed by atoms with Crippen molar-refractivity contribution in [3.8, 4) is 0 Å². The summed E-state index contributed by atoms with van der Waals surface area (Å²) >= 11 is 0. The quantitative estimate of drug-likeness (QED) is 0.927. The van der Waals surface area contributed by atoms with Crippen molar-refractivity contribution in [1.82, 2.24) is 10.2 Å². The summed E-state index contributed by atoms with van der Waals surface area (Å²) in [7, 11) is 0. The predicted molar refractivity (Wildman–Crippen MR) is 82.9 cm³/mol. The van der Waals surface area contributed by atoms with Crippen molar-refractivity contribution >= 4 is 18.3 Å². The van der Waals surface area contributed by atoms with Crippen LogP contribution in [0.1, 0.15) is 37.8 Å². The molecule has 2 atom stereocenters. The molecule has 1 saturated carbocycles. The molecule has 2 aliphatic rings. The summed E-state index contributed by atoms with van der Waals surface area (Å²) in [6.45, 7) is 3.32. The van der Waals surface area contributed by atoms with E-state index in [0.717, 1.165) is 18.5 Å². The van der Waals surface area contributed by atoms with Crippen molar-refractivity contribution < 1.29 is 9.18 Å². The molecule has 3 nitrogen and oxygen atoms in total. The lowest BCUT2D eigenvalue weighted by atomic mass is 10.0. The van der Waals surface area contributed by atoms with Crippen molar-refractivity contribution in [1.29, 1.82) is 0 Å². The highest BCUT2D eigenvalue weighted by atomic mass is 35.5. The van der Waals surface area contributed by atoms with Crippen LogP contribution in [0.15, 0.2) is 24.3 Å². The second-order valence-corrected chi connectivity index (χ2v) is 6.11. The summed E-state index contributed by atoms with van der Waals surface area (Å²) in [5, 5.41) is 3.27. The van der Waals surface area contributed by atoms with Gasteiger partial charge in [-0.25, -0.2) is 4.39 Å². The SMILES string of the molecule is CC1CC(c2cccc(F)c2)N(C(=O)CNC2CC2)C1.Cl. The topological polar surface area (TPSA) is 32.3 Å². The molecular formula is C16H22ClFN2O. The number of halogens is 2. The molecule has 5 heteroatoms. The molecule has 1 heterocycles. The predicted octanol–water partition coefficient (Wildman–Crippen LogP) is 2.91. The van der Waals surface area contributed by atoms with Gasteiger partial charge in [-0.2, -0.15) is 0 Å². The molecule has 21 heavy (non-hydrogen) atoms. The van der Waals surface area contributed by atoms with Gasteiger partial charge >= 0.3 is 0 Å². The van der Waals surface area contributed by atoms with E-state index in [1.165, 1.54) is 18.9 Å². The number of hydrogen-bond acceptors (Lipinski definition) is 2. The van der Waals surface area contributed by atoms with Gasteiger partial charge in [-0.3, -0.25) is 4.79 Å². The first-order chi connectivity index (χ1) is 9.63. The monoisotopic (exact) mass is 312 g/mol. The fraction of sp³-hybridized carbons (Fsp3) is 0.562. The van der Waals surface area contributed by atoms with Crippen molar-refractivity contribution in [3.63, 3.8) is 0 Å². The third-order valence-electron chi connectivity index (χ3n) is 4.18. The van der Waals surface area contributed by atoms with Gasteiger partial charge in [-0.05, 0) is 42.9 Å². The first kappa shape index (κ1) is 16.2. The summed E-state index contributed by atoms with van der Waals surface area (Å²) < 4.78 is 13.4. The summed E-state index contributed by atoms with van der Waals surface area (Å²) in [5.41, 5.74) is 0.911. The first-order valence-corrected chi connectivity index (χ1v) is 7.42. The number of carbonyl (C=O) groups is 1. The van der Waals surface area contributed by atoms with Gasteiger partial charge in [0.1, 0.15) is 5.82 Å². The maximum absolute atomic E-state index is 13.4. The average Bonchev–Trinajstić information content (AvgIpc) is 3.17. The van der Waals surface area contributed by atoms with E-state index in [4.69, 9.17) is 0 Å². The van der Waals surface area contributed by atoms with E-state index in [9.17, 15) is 9.18 Å². The standard InChI is InChI=1S/C16H21FN2O.ClH/c1-11-7-15(12-3-2-4-13(17)8-12)19(10-11)16(20)9-18-14-5-6-14;/h2-4,8,11,14-15,18H,5-7,9-10H2,1H3;1H. The number of amides is 1. The zero-order valence-corrected chi connectivity index (χ0v) is 13.0. The van der Waals surface area contributed by atoms with Crippen LogP contribution in [0.5, 0.6) is 0 Å². The Hall–Kier alpha value is -1.13. The Morgan fingerprint density at radius 3 is 2.86 bits per heavy atom. The highest BCUT2D eigenvalue weighted by Gasteiger charge is 2.34. The van der Waals surface area contributed by atoms with Crippen LogP contribution in [0.25, 0.3) is 0 Å². The molecule has 1 aromatic rings. The minimum Gasteiger partial charge on any atom is -0.334 e. The minimum atomic E-state index is -0.231. The lowest BCUT2D eigenvalue weighted by molar-refractivity contribution is -0.131. The second kappa shape index (κ2) is 6.75. The van der Waals surface area contributed by atoms with E-state index >= 15 is 0 Å². The van der Waals surface area contributed by atoms with E-state index in [0.29, 0.717) is 18.5 Å². The van der Waals surface area contributed by atoms with Crippen molar-refractivity contribution in [2.24, 2.45) is 5.92 Å². The van der Waals surface area contributed by atoms with E-state index < -0.39 is 0 Å². The van der Waals surface area contributed by atoms with Crippen molar-refractivity contribution in [2.75, 3.05) is 13.1 Å². The largest absolute Gasteiger partial charge is 0.334 e. The molecule has 1 N–H and O–H groups in total. The molecule has 2 fully saturated rings. The number of benzene rings is 1. The number of carbonyl (C=O) groups excluding carboxylic acids is 1. The van der Waals surface area contributed by atoms with Crippen LogP contribution in [-0.2, 0) is 4.79 Å². The van der Waals surface area contributed by atoms with E-state index in [1.54, 1.807) is 12.1 Å². The zero-order chi connectivity index (χ0) is 14.1. The summed E-state index contributed by atoms with van der Waals surface area (Å²) in [6.07, 6.45) is 3.27. The molecule has 1 aliphatic heterocycles. The molecule has 0 radical (unpaired) electrons. The summed E-state index contributed by atoms with van der Waals surface area (Å²) in [4.78, 5) is 14.3. The maximum atomic E-state index is 13.4. The molecule has 3 rings (SSSR count). The van der Waals surface area contributed by atoms with Gasteiger partial charge in [0, 0.05) is 12.6 Å². The second-order valence-electron chi connectivity index (χ2n) is 6.11. The fourth-order valence-electron chi connectivity index (χ4n) is 2.97. The lowest BCUT2D eigenvalue weighted by Gasteiger charge is -2.25. The molecule has 1 saturated heterocycles. The van der Waals surface area contributed by atoms with Crippen molar-refractivity contribution in [2.45, 2.75) is 38.3 Å². The lowest BCUT2D eigenvalue weighted by Crippen LogP contribution is -2.38. The third kappa shape index (κ3) is 3.95. The fourth-order valence-corrected chi connectivity index (χ4v) is 2.97. The molecule has 1 aromatic carbocycles. The van der Waals surface area contributed by atoms with E-state index in [1.807, 2.05) is 11.0 Å². The van der Waals surface area contributed by atoms with Gasteiger partial charge in [0.15, 0.2) is 0 Å². The molecule has 116 valence electrons. The van der Waals surface area contributed by atoms with Gasteiger partial charge in [-0.15, -0.1) is 12.4 Å². The molecule has 1 amide bonds. The zero-order valence-electron chi connectivity index (χ0n) is 12.2. The van der Waals surface area contributed by atoms with Gasteiger partial charge in [0.2, 0.25) is 5.91 Å². The highest BCUT2D eigenvalue weighted by Crippen LogP contribution is 2.35. The van der Waals surface area contributed by atoms with Gasteiger partial charge in [-0.1, -0.05) is 19.1 Å². The Labute approximate surface area is 131 Å². The Kier molecular flexibility index (Phi) is 5.22. The van der Waals surface area contributed by atoms with Crippen LogP contribution in [0.3, 0.4) is 0 Å².